The Morgan fingerprint density at radius 3 is 2.24 bits per heavy atom. The molecule has 3 atom stereocenters. The monoisotopic (exact) mass is 599 g/mol. The Hall–Kier alpha value is -3.61. The van der Waals surface area contributed by atoms with Crippen LogP contribution in [0.3, 0.4) is 0 Å². The number of alkyl halides is 3. The van der Waals surface area contributed by atoms with Gasteiger partial charge in [-0.1, -0.05) is 12.5 Å². The molecule has 8 nitrogen and oxygen atoms in total. The van der Waals surface area contributed by atoms with Gasteiger partial charge in [0.05, 0.1) is 14.2 Å². The summed E-state index contributed by atoms with van der Waals surface area (Å²) in [6.07, 6.45) is 2.37. The predicted octanol–water partition coefficient (Wildman–Crippen LogP) is 5.85. The van der Waals surface area contributed by atoms with Crippen LogP contribution in [0.15, 0.2) is 36.4 Å². The number of carboxylic acid groups (broad SMARTS) is 1. The molecule has 1 saturated heterocycles. The summed E-state index contributed by atoms with van der Waals surface area (Å²) in [6, 6.07) is 10.2. The molecule has 0 spiro atoms. The van der Waals surface area contributed by atoms with Crippen LogP contribution in [-0.4, -0.2) is 67.1 Å². The van der Waals surface area contributed by atoms with Gasteiger partial charge in [0.25, 0.3) is 0 Å². The van der Waals surface area contributed by atoms with Crippen LogP contribution in [0.1, 0.15) is 50.5 Å². The molecule has 2 saturated carbocycles. The topological polar surface area (TPSA) is 100 Å². The van der Waals surface area contributed by atoms with E-state index in [0.29, 0.717) is 12.1 Å². The van der Waals surface area contributed by atoms with Crippen LogP contribution in [0.5, 0.6) is 11.5 Å². The Morgan fingerprint density at radius 1 is 0.976 bits per heavy atom. The van der Waals surface area contributed by atoms with Crippen molar-refractivity contribution in [2.45, 2.75) is 74.7 Å². The zero-order valence-corrected chi connectivity index (χ0v) is 23.3. The Balaban J connectivity index is 0.000000517. The van der Waals surface area contributed by atoms with Gasteiger partial charge in [0, 0.05) is 35.3 Å². The summed E-state index contributed by atoms with van der Waals surface area (Å²) < 4.78 is 69.6. The summed E-state index contributed by atoms with van der Waals surface area (Å²) in [5, 5.41) is 12.8. The smallest absolute Gasteiger partial charge is 0.490 e. The number of carboxylic acids is 1. The number of amides is 2. The molecule has 13 heteroatoms. The van der Waals surface area contributed by atoms with Gasteiger partial charge in [0.2, 0.25) is 0 Å². The lowest BCUT2D eigenvalue weighted by molar-refractivity contribution is -0.192. The average molecular weight is 600 g/mol. The molecule has 1 aliphatic heterocycles. The lowest BCUT2D eigenvalue weighted by Gasteiger charge is -2.48. The van der Waals surface area contributed by atoms with Crippen molar-refractivity contribution in [1.82, 2.24) is 10.2 Å². The first-order chi connectivity index (χ1) is 19.9. The lowest BCUT2D eigenvalue weighted by atomic mass is 9.64. The Labute approximate surface area is 240 Å². The van der Waals surface area contributed by atoms with Gasteiger partial charge in [0.1, 0.15) is 0 Å². The molecule has 0 radical (unpaired) electrons. The van der Waals surface area contributed by atoms with Crippen molar-refractivity contribution in [3.05, 3.63) is 53.6 Å². The van der Waals surface area contributed by atoms with Crippen molar-refractivity contribution < 1.29 is 46.1 Å². The van der Waals surface area contributed by atoms with Crippen molar-refractivity contribution in [2.75, 3.05) is 26.1 Å². The molecule has 2 amide bonds. The predicted molar refractivity (Wildman–Crippen MR) is 144 cm³/mol. The zero-order chi connectivity index (χ0) is 30.7. The van der Waals surface area contributed by atoms with E-state index < -0.39 is 29.8 Å². The molecule has 0 bridgehead atoms. The molecule has 0 aromatic heterocycles. The minimum Gasteiger partial charge on any atom is -0.493 e. The summed E-state index contributed by atoms with van der Waals surface area (Å²) in [6.45, 7) is 1.05. The normalized spacial score (nSPS) is 24.0. The molecule has 3 fully saturated rings. The highest BCUT2D eigenvalue weighted by Crippen LogP contribution is 2.52. The van der Waals surface area contributed by atoms with E-state index >= 15 is 0 Å². The van der Waals surface area contributed by atoms with Crippen LogP contribution in [0.2, 0.25) is 0 Å². The maximum absolute atomic E-state index is 13.5. The van der Waals surface area contributed by atoms with Crippen LogP contribution >= 0.6 is 0 Å². The number of likely N-dealkylation sites (tertiary alicyclic amines) is 1. The van der Waals surface area contributed by atoms with E-state index in [1.54, 1.807) is 14.2 Å². The maximum atomic E-state index is 13.5. The number of carbonyl (C=O) groups excluding carboxylic acids is 1. The number of fused-ring (bicyclic) bond motifs is 1. The van der Waals surface area contributed by atoms with Gasteiger partial charge in [-0.2, -0.15) is 13.2 Å². The van der Waals surface area contributed by atoms with Crippen LogP contribution in [0, 0.1) is 11.6 Å². The molecule has 3 unspecified atom stereocenters. The van der Waals surface area contributed by atoms with Crippen molar-refractivity contribution in [1.29, 1.82) is 0 Å². The van der Waals surface area contributed by atoms with Gasteiger partial charge < -0.3 is 25.2 Å². The number of rotatable bonds is 6. The lowest BCUT2D eigenvalue weighted by Crippen LogP contribution is -2.55. The first-order valence-electron chi connectivity index (χ1n) is 13.7. The first kappa shape index (κ1) is 31.3. The van der Waals surface area contributed by atoms with Gasteiger partial charge in [-0.3, -0.25) is 4.90 Å². The number of halogens is 5. The quantitative estimate of drug-likeness (QED) is 0.360. The zero-order valence-electron chi connectivity index (χ0n) is 23.3. The van der Waals surface area contributed by atoms with Gasteiger partial charge >= 0.3 is 18.2 Å². The second kappa shape index (κ2) is 12.7. The first-order valence-corrected chi connectivity index (χ1v) is 13.7. The Kier molecular flexibility index (Phi) is 9.49. The minimum atomic E-state index is -5.08. The fraction of sp³-hybridized carbons (Fsp3) is 0.517. The van der Waals surface area contributed by atoms with Crippen LogP contribution in [-0.2, 0) is 10.2 Å². The number of urea groups is 1. The number of hydrogen-bond acceptors (Lipinski definition) is 5. The number of nitrogens with zero attached hydrogens (tertiary/aromatic N) is 1. The summed E-state index contributed by atoms with van der Waals surface area (Å²) in [5.74, 6) is -3.21. The van der Waals surface area contributed by atoms with Gasteiger partial charge in [-0.15, -0.1) is 0 Å². The number of ether oxygens (including phenoxy) is 2. The Bertz CT molecular complexity index is 1290. The fourth-order valence-electron chi connectivity index (χ4n) is 6.28. The molecule has 2 aliphatic carbocycles. The molecule has 3 aliphatic rings. The molecule has 2 aromatic rings. The van der Waals surface area contributed by atoms with E-state index in [4.69, 9.17) is 19.4 Å². The molecular weight excluding hydrogens is 565 g/mol. The van der Waals surface area contributed by atoms with Crippen molar-refractivity contribution in [3.8, 4) is 11.5 Å². The highest BCUT2D eigenvalue weighted by atomic mass is 19.4. The van der Waals surface area contributed by atoms with Gasteiger partial charge in [0.15, 0.2) is 23.1 Å². The maximum Gasteiger partial charge on any atom is 0.490 e. The van der Waals surface area contributed by atoms with E-state index in [-0.39, 0.29) is 17.1 Å². The van der Waals surface area contributed by atoms with Crippen molar-refractivity contribution in [3.63, 3.8) is 0 Å². The number of anilines is 1. The van der Waals surface area contributed by atoms with E-state index in [1.807, 2.05) is 6.07 Å². The third-order valence-corrected chi connectivity index (χ3v) is 8.56. The highest BCUT2D eigenvalue weighted by Gasteiger charge is 2.53. The second-order valence-electron chi connectivity index (χ2n) is 10.8. The number of benzene rings is 2. The summed E-state index contributed by atoms with van der Waals surface area (Å²) in [7, 11) is 3.31. The summed E-state index contributed by atoms with van der Waals surface area (Å²) in [4.78, 5) is 24.2. The molecular formula is C29H34F5N3O5. The van der Waals surface area contributed by atoms with Crippen molar-refractivity contribution in [2.24, 2.45) is 0 Å². The molecule has 2 aromatic carbocycles. The molecule has 5 rings (SSSR count). The molecule has 1 heterocycles. The minimum absolute atomic E-state index is 0.000703. The largest absolute Gasteiger partial charge is 0.493 e. The number of aliphatic carboxylic acids is 1. The summed E-state index contributed by atoms with van der Waals surface area (Å²) >= 11 is 0. The van der Waals surface area contributed by atoms with Crippen LogP contribution < -0.4 is 20.1 Å². The average Bonchev–Trinajstić information content (AvgIpc) is 3.28. The number of hydrogen-bond donors (Lipinski definition) is 3. The fourth-order valence-corrected chi connectivity index (χ4v) is 6.28. The van der Waals surface area contributed by atoms with Crippen LogP contribution in [0.4, 0.5) is 32.4 Å². The standard InChI is InChI=1S/C27H33F2N3O3.C2HF3O2/c1-34-23-9-6-17(14-24(23)35-2)27-11-10-19(16-25(27)32(13-12-27)20-4-3-5-20)31-26(33)30-18-7-8-21(28)22(29)15-18;3-2(4,5)1(6)7/h6-9,14-15,19-20,25H,3-5,10-13,16H2,1-2H3,(H2,30,31,33);(H,6,7). The second-order valence-corrected chi connectivity index (χ2v) is 10.8. The van der Waals surface area contributed by atoms with Crippen molar-refractivity contribution >= 4 is 17.7 Å². The highest BCUT2D eigenvalue weighted by molar-refractivity contribution is 5.89. The van der Waals surface area contributed by atoms with Gasteiger partial charge in [-0.25, -0.2) is 18.4 Å². The summed E-state index contributed by atoms with van der Waals surface area (Å²) in [5.41, 5.74) is 1.50. The van der Waals surface area contributed by atoms with E-state index in [2.05, 4.69) is 27.7 Å². The van der Waals surface area contributed by atoms with E-state index in [1.165, 1.54) is 30.9 Å². The molecule has 230 valence electrons. The van der Waals surface area contributed by atoms with E-state index in [0.717, 1.165) is 55.9 Å². The molecule has 3 N–H and O–H groups in total. The SMILES string of the molecule is COc1ccc(C23CCC(NC(=O)Nc4ccc(F)c(F)c4)CC2N(C2CCC2)CC3)cc1OC.O=C(O)C(F)(F)F. The third-order valence-electron chi connectivity index (χ3n) is 8.56. The molecule has 42 heavy (non-hydrogen) atoms. The Morgan fingerprint density at radius 2 is 1.67 bits per heavy atom. The van der Waals surface area contributed by atoms with E-state index in [9.17, 15) is 26.7 Å². The number of methoxy groups -OCH3 is 2. The number of carbonyl (C=O) groups is 2. The third kappa shape index (κ3) is 6.71. The van der Waals surface area contributed by atoms with Gasteiger partial charge in [-0.05, 0) is 74.9 Å². The van der Waals surface area contributed by atoms with Crippen LogP contribution in [0.25, 0.3) is 0 Å². The number of nitrogens with one attached hydrogen (secondary N) is 2.